The number of benzene rings is 1. The predicted molar refractivity (Wildman–Crippen MR) is 75.8 cm³/mol. The zero-order valence-electron chi connectivity index (χ0n) is 11.0. The molecule has 0 bridgehead atoms. The summed E-state index contributed by atoms with van der Waals surface area (Å²) in [5.74, 6) is 0.271. The maximum Gasteiger partial charge on any atom is 0.284 e. The van der Waals surface area contributed by atoms with Crippen molar-refractivity contribution in [3.8, 4) is 11.5 Å². The number of aliphatic hydroxyl groups excluding tert-OH is 1. The standard InChI is InChI=1S/C13H15N3O3S/c1-2-16(7-8-17)12(18)10-5-3-9(4-6-10)11-14-15-13(20)19-11/h3-6,17H,2,7-8H2,1H3,(H,15,20). The summed E-state index contributed by atoms with van der Waals surface area (Å²) in [6.45, 7) is 2.70. The van der Waals surface area contributed by atoms with E-state index in [1.165, 1.54) is 0 Å². The number of likely N-dealkylation sites (N-methyl/N-ethyl adjacent to an activating group) is 1. The Labute approximate surface area is 121 Å². The smallest absolute Gasteiger partial charge is 0.284 e. The van der Waals surface area contributed by atoms with Crippen LogP contribution in [0.2, 0.25) is 0 Å². The molecule has 1 amide bonds. The number of hydrogen-bond acceptors (Lipinski definition) is 5. The van der Waals surface area contributed by atoms with Crippen LogP contribution in [-0.4, -0.2) is 45.8 Å². The summed E-state index contributed by atoms with van der Waals surface area (Å²) in [7, 11) is 0. The van der Waals surface area contributed by atoms with Crippen LogP contribution in [0.1, 0.15) is 17.3 Å². The van der Waals surface area contributed by atoms with Crippen molar-refractivity contribution in [2.24, 2.45) is 0 Å². The normalized spacial score (nSPS) is 10.5. The molecule has 1 heterocycles. The second kappa shape index (κ2) is 6.44. The second-order valence-corrected chi connectivity index (χ2v) is 4.47. The maximum absolute atomic E-state index is 12.2. The minimum Gasteiger partial charge on any atom is -0.409 e. The Morgan fingerprint density at radius 2 is 2.15 bits per heavy atom. The Morgan fingerprint density at radius 3 is 2.65 bits per heavy atom. The van der Waals surface area contributed by atoms with E-state index in [0.717, 1.165) is 5.56 Å². The van der Waals surface area contributed by atoms with Gasteiger partial charge in [0.15, 0.2) is 0 Å². The van der Waals surface area contributed by atoms with Gasteiger partial charge >= 0.3 is 0 Å². The number of aromatic nitrogens is 2. The largest absolute Gasteiger partial charge is 0.409 e. The van der Waals surface area contributed by atoms with Crippen molar-refractivity contribution in [3.63, 3.8) is 0 Å². The molecule has 0 aliphatic heterocycles. The molecule has 7 heteroatoms. The van der Waals surface area contributed by atoms with E-state index >= 15 is 0 Å². The lowest BCUT2D eigenvalue weighted by molar-refractivity contribution is 0.0732. The topological polar surface area (TPSA) is 82.4 Å². The molecule has 1 aromatic heterocycles. The van der Waals surface area contributed by atoms with Gasteiger partial charge in [-0.2, -0.15) is 0 Å². The Hall–Kier alpha value is -1.99. The molecule has 0 aliphatic carbocycles. The summed E-state index contributed by atoms with van der Waals surface area (Å²) in [6, 6.07) is 6.89. The highest BCUT2D eigenvalue weighted by Gasteiger charge is 2.14. The van der Waals surface area contributed by atoms with E-state index in [4.69, 9.17) is 21.7 Å². The van der Waals surface area contributed by atoms with Gasteiger partial charge in [0.05, 0.1) is 6.61 Å². The van der Waals surface area contributed by atoms with Crippen molar-refractivity contribution < 1.29 is 14.3 Å². The summed E-state index contributed by atoms with van der Waals surface area (Å²) in [5.41, 5.74) is 1.29. The van der Waals surface area contributed by atoms with E-state index in [0.29, 0.717) is 24.5 Å². The van der Waals surface area contributed by atoms with E-state index in [1.807, 2.05) is 6.92 Å². The molecule has 0 unspecified atom stereocenters. The van der Waals surface area contributed by atoms with Crippen LogP contribution in [0.15, 0.2) is 28.7 Å². The quantitative estimate of drug-likeness (QED) is 0.822. The number of hydrogen-bond donors (Lipinski definition) is 2. The lowest BCUT2D eigenvalue weighted by Crippen LogP contribution is -2.33. The van der Waals surface area contributed by atoms with E-state index in [2.05, 4.69) is 10.2 Å². The number of carbonyl (C=O) groups is 1. The summed E-state index contributed by atoms with van der Waals surface area (Å²) in [5, 5.41) is 15.4. The zero-order chi connectivity index (χ0) is 14.5. The number of amides is 1. The highest BCUT2D eigenvalue weighted by molar-refractivity contribution is 7.71. The molecule has 106 valence electrons. The molecule has 2 aromatic rings. The van der Waals surface area contributed by atoms with Crippen molar-refractivity contribution in [2.45, 2.75) is 6.92 Å². The summed E-state index contributed by atoms with van der Waals surface area (Å²) < 4.78 is 5.20. The van der Waals surface area contributed by atoms with Gasteiger partial charge in [-0.25, -0.2) is 5.10 Å². The first-order valence-electron chi connectivity index (χ1n) is 6.21. The van der Waals surface area contributed by atoms with Gasteiger partial charge in [0.2, 0.25) is 5.89 Å². The first-order chi connectivity index (χ1) is 9.65. The maximum atomic E-state index is 12.2. The fraction of sp³-hybridized carbons (Fsp3) is 0.308. The average molecular weight is 293 g/mol. The van der Waals surface area contributed by atoms with Gasteiger partial charge in [0.1, 0.15) is 0 Å². The van der Waals surface area contributed by atoms with Gasteiger partial charge in [-0.3, -0.25) is 4.79 Å². The minimum absolute atomic E-state index is 0.0502. The number of aliphatic hydroxyl groups is 1. The number of aromatic amines is 1. The molecule has 1 aromatic carbocycles. The third kappa shape index (κ3) is 3.12. The summed E-state index contributed by atoms with van der Waals surface area (Å²) >= 11 is 4.81. The fourth-order valence-electron chi connectivity index (χ4n) is 1.82. The summed E-state index contributed by atoms with van der Waals surface area (Å²) in [6.07, 6.45) is 0. The van der Waals surface area contributed by atoms with Crippen LogP contribution >= 0.6 is 12.2 Å². The number of carbonyl (C=O) groups excluding carboxylic acids is 1. The molecule has 0 atom stereocenters. The molecular weight excluding hydrogens is 278 g/mol. The van der Waals surface area contributed by atoms with Gasteiger partial charge in [0.25, 0.3) is 10.7 Å². The van der Waals surface area contributed by atoms with E-state index in [1.54, 1.807) is 29.2 Å². The van der Waals surface area contributed by atoms with Crippen LogP contribution < -0.4 is 0 Å². The fourth-order valence-corrected chi connectivity index (χ4v) is 1.94. The molecule has 0 saturated heterocycles. The second-order valence-electron chi connectivity index (χ2n) is 4.10. The van der Waals surface area contributed by atoms with E-state index in [-0.39, 0.29) is 17.4 Å². The van der Waals surface area contributed by atoms with E-state index < -0.39 is 0 Å². The minimum atomic E-state index is -0.115. The van der Waals surface area contributed by atoms with Gasteiger partial charge in [0, 0.05) is 24.2 Å². The third-order valence-corrected chi connectivity index (χ3v) is 3.03. The first kappa shape index (κ1) is 14.4. The van der Waals surface area contributed by atoms with Crippen LogP contribution in [-0.2, 0) is 0 Å². The van der Waals surface area contributed by atoms with Crippen LogP contribution in [0, 0.1) is 4.84 Å². The lowest BCUT2D eigenvalue weighted by atomic mass is 10.1. The molecule has 2 rings (SSSR count). The van der Waals surface area contributed by atoms with Crippen LogP contribution in [0.4, 0.5) is 0 Å². The van der Waals surface area contributed by atoms with Crippen molar-refractivity contribution in [2.75, 3.05) is 19.7 Å². The van der Waals surface area contributed by atoms with Crippen molar-refractivity contribution in [1.29, 1.82) is 0 Å². The number of rotatable bonds is 5. The SMILES string of the molecule is CCN(CCO)C(=O)c1ccc(-c2n[nH]c(=S)o2)cc1. The van der Waals surface area contributed by atoms with Crippen LogP contribution in [0.3, 0.4) is 0 Å². The monoisotopic (exact) mass is 293 g/mol. The van der Waals surface area contributed by atoms with Gasteiger partial charge in [-0.15, -0.1) is 5.10 Å². The Kier molecular flexibility index (Phi) is 4.65. The van der Waals surface area contributed by atoms with Crippen LogP contribution in [0.25, 0.3) is 11.5 Å². The number of H-pyrrole nitrogens is 1. The van der Waals surface area contributed by atoms with Crippen molar-refractivity contribution >= 4 is 18.1 Å². The molecule has 0 spiro atoms. The Balaban J connectivity index is 2.19. The molecule has 0 radical (unpaired) electrons. The van der Waals surface area contributed by atoms with Crippen molar-refractivity contribution in [1.82, 2.24) is 15.1 Å². The molecule has 6 nitrogen and oxygen atoms in total. The highest BCUT2D eigenvalue weighted by atomic mass is 32.1. The highest BCUT2D eigenvalue weighted by Crippen LogP contribution is 2.18. The molecule has 0 saturated carbocycles. The van der Waals surface area contributed by atoms with Crippen LogP contribution in [0.5, 0.6) is 0 Å². The first-order valence-corrected chi connectivity index (χ1v) is 6.62. The number of nitrogens with one attached hydrogen (secondary N) is 1. The molecule has 0 fully saturated rings. The average Bonchev–Trinajstić information content (AvgIpc) is 2.91. The third-order valence-electron chi connectivity index (χ3n) is 2.86. The zero-order valence-corrected chi connectivity index (χ0v) is 11.8. The molecule has 20 heavy (non-hydrogen) atoms. The molecular formula is C13H15N3O3S. The van der Waals surface area contributed by atoms with Gasteiger partial charge in [-0.1, -0.05) is 0 Å². The van der Waals surface area contributed by atoms with Gasteiger partial charge in [-0.05, 0) is 43.4 Å². The Morgan fingerprint density at radius 1 is 1.45 bits per heavy atom. The molecule has 0 aliphatic rings. The predicted octanol–water partition coefficient (Wildman–Crippen LogP) is 1.85. The van der Waals surface area contributed by atoms with Crippen molar-refractivity contribution in [3.05, 3.63) is 34.7 Å². The summed E-state index contributed by atoms with van der Waals surface area (Å²) in [4.78, 5) is 14.0. The lowest BCUT2D eigenvalue weighted by Gasteiger charge is -2.19. The van der Waals surface area contributed by atoms with Gasteiger partial charge < -0.3 is 14.4 Å². The molecule has 2 N–H and O–H groups in total. The Bertz CT molecular complexity index is 633. The number of nitrogens with zero attached hydrogens (tertiary/aromatic N) is 2. The van der Waals surface area contributed by atoms with E-state index in [9.17, 15) is 4.79 Å².